The zero-order valence-corrected chi connectivity index (χ0v) is 18.6. The normalized spacial score (nSPS) is 17.8. The number of piperazine rings is 1. The van der Waals surface area contributed by atoms with E-state index in [0.29, 0.717) is 36.6 Å². The smallest absolute Gasteiger partial charge is 0.237 e. The van der Waals surface area contributed by atoms with Crippen molar-refractivity contribution in [1.82, 2.24) is 19.6 Å². The number of aliphatic imine (C=N–C) groups is 1. The number of anilines is 1. The SMILES string of the molecule is CC(C)C1CN(c2ccnc(Cl)n2)CCN1C(=NC#N)/N=c1\cccc2n(O)cccc1-2. The average Bonchev–Trinajstić information content (AvgIpc) is 2.79. The molecule has 0 aromatic carbocycles. The summed E-state index contributed by atoms with van der Waals surface area (Å²) in [5.74, 6) is 1.39. The van der Waals surface area contributed by atoms with E-state index in [0.717, 1.165) is 16.1 Å². The summed E-state index contributed by atoms with van der Waals surface area (Å²) in [5.41, 5.74) is 1.38. The largest absolute Gasteiger partial charge is 0.428 e. The molecule has 2 aliphatic heterocycles. The summed E-state index contributed by atoms with van der Waals surface area (Å²) in [5, 5.41) is 20.3. The van der Waals surface area contributed by atoms with Crippen molar-refractivity contribution >= 4 is 23.4 Å². The predicted octanol–water partition coefficient (Wildman–Crippen LogP) is 2.86. The molecule has 1 aliphatic carbocycles. The van der Waals surface area contributed by atoms with E-state index in [-0.39, 0.29) is 17.2 Å². The molecule has 1 N–H and O–H groups in total. The number of benzene rings is 1. The van der Waals surface area contributed by atoms with Crippen molar-refractivity contribution in [3.8, 4) is 17.5 Å². The highest BCUT2D eigenvalue weighted by atomic mass is 35.5. The standard InChI is InChI=1S/C22H23ClN8O/c1-15(2)19-13-29(20-8-9-25-21(23)28-20)11-12-30(19)22(26-14-24)27-17-6-3-7-18-16(17)5-4-10-31(18)32/h3-10,15,19,32H,11-13H2,1-2H3/b26-22?,27-17+. The first kappa shape index (κ1) is 21.6. The maximum absolute atomic E-state index is 10.1. The van der Waals surface area contributed by atoms with Crippen LogP contribution in [0.2, 0.25) is 5.28 Å². The number of fused-ring (bicyclic) bond motifs is 1. The lowest BCUT2D eigenvalue weighted by Gasteiger charge is -2.44. The van der Waals surface area contributed by atoms with Crippen LogP contribution in [0.4, 0.5) is 5.82 Å². The van der Waals surface area contributed by atoms with Crippen molar-refractivity contribution in [2.75, 3.05) is 24.5 Å². The minimum Gasteiger partial charge on any atom is -0.428 e. The molecule has 3 heterocycles. The van der Waals surface area contributed by atoms with Crippen LogP contribution < -0.4 is 10.3 Å². The van der Waals surface area contributed by atoms with Crippen molar-refractivity contribution in [1.29, 1.82) is 5.26 Å². The third kappa shape index (κ3) is 4.36. The lowest BCUT2D eigenvalue weighted by Crippen LogP contribution is -2.57. The van der Waals surface area contributed by atoms with Gasteiger partial charge >= 0.3 is 0 Å². The van der Waals surface area contributed by atoms with E-state index in [1.165, 1.54) is 0 Å². The second-order valence-corrected chi connectivity index (χ2v) is 8.16. The van der Waals surface area contributed by atoms with Crippen molar-refractivity contribution in [3.63, 3.8) is 0 Å². The molecule has 10 heteroatoms. The Kier molecular flexibility index (Phi) is 6.23. The highest BCUT2D eigenvalue weighted by Gasteiger charge is 2.32. The average molecular weight is 451 g/mol. The van der Waals surface area contributed by atoms with E-state index < -0.39 is 0 Å². The number of hydrogen-bond acceptors (Lipinski definition) is 6. The third-order valence-corrected chi connectivity index (χ3v) is 5.73. The molecular formula is C22H23ClN8O. The number of rotatable bonds is 2. The zero-order valence-electron chi connectivity index (χ0n) is 17.8. The molecule has 1 fully saturated rings. The van der Waals surface area contributed by atoms with Crippen LogP contribution in [0.3, 0.4) is 0 Å². The van der Waals surface area contributed by atoms with Crippen LogP contribution in [-0.4, -0.2) is 56.4 Å². The number of nitriles is 1. The Bertz CT molecular complexity index is 1210. The summed E-state index contributed by atoms with van der Waals surface area (Å²) in [6, 6.07) is 11.0. The maximum atomic E-state index is 10.1. The van der Waals surface area contributed by atoms with Crippen LogP contribution in [0.25, 0.3) is 11.3 Å². The molecule has 9 nitrogen and oxygen atoms in total. The van der Waals surface area contributed by atoms with Gasteiger partial charge in [0.2, 0.25) is 17.4 Å². The van der Waals surface area contributed by atoms with Gasteiger partial charge < -0.3 is 15.0 Å². The first-order valence-corrected chi connectivity index (χ1v) is 10.7. The van der Waals surface area contributed by atoms with E-state index >= 15 is 0 Å². The summed E-state index contributed by atoms with van der Waals surface area (Å²) in [6.07, 6.45) is 5.11. The lowest BCUT2D eigenvalue weighted by molar-refractivity contribution is 0.189. The molecule has 1 saturated heterocycles. The molecule has 32 heavy (non-hydrogen) atoms. The Morgan fingerprint density at radius 1 is 1.25 bits per heavy atom. The molecule has 0 amide bonds. The van der Waals surface area contributed by atoms with Crippen molar-refractivity contribution in [2.24, 2.45) is 15.9 Å². The van der Waals surface area contributed by atoms with Gasteiger partial charge in [0.1, 0.15) is 5.82 Å². The first-order valence-electron chi connectivity index (χ1n) is 10.3. The summed E-state index contributed by atoms with van der Waals surface area (Å²) in [4.78, 5) is 21.3. The molecule has 0 spiro atoms. The molecule has 1 aromatic rings. The van der Waals surface area contributed by atoms with E-state index in [2.05, 4.69) is 38.6 Å². The molecule has 4 rings (SSSR count). The lowest BCUT2D eigenvalue weighted by atomic mass is 10.00. The second kappa shape index (κ2) is 9.24. The van der Waals surface area contributed by atoms with Gasteiger partial charge in [-0.3, -0.25) is 0 Å². The minimum absolute atomic E-state index is 0.0473. The van der Waals surface area contributed by atoms with Crippen molar-refractivity contribution in [2.45, 2.75) is 19.9 Å². The van der Waals surface area contributed by atoms with Gasteiger partial charge in [-0.15, -0.1) is 4.99 Å². The molecule has 0 radical (unpaired) electrons. The van der Waals surface area contributed by atoms with Crippen LogP contribution in [0.5, 0.6) is 0 Å². The van der Waals surface area contributed by atoms with Gasteiger partial charge in [-0.2, -0.15) is 9.99 Å². The molecule has 1 aromatic heterocycles. The monoisotopic (exact) mass is 450 g/mol. The Morgan fingerprint density at radius 3 is 2.84 bits per heavy atom. The predicted molar refractivity (Wildman–Crippen MR) is 121 cm³/mol. The van der Waals surface area contributed by atoms with Gasteiger partial charge in [-0.1, -0.05) is 19.9 Å². The number of pyridine rings is 1. The number of nitrogens with zero attached hydrogens (tertiary/aromatic N) is 8. The third-order valence-electron chi connectivity index (χ3n) is 5.55. The second-order valence-electron chi connectivity index (χ2n) is 7.82. The van der Waals surface area contributed by atoms with Crippen molar-refractivity contribution in [3.05, 3.63) is 59.4 Å². The van der Waals surface area contributed by atoms with Crippen LogP contribution in [0.15, 0.2) is 58.8 Å². The maximum Gasteiger partial charge on any atom is 0.237 e. The quantitative estimate of drug-likeness (QED) is 0.211. The molecule has 164 valence electrons. The number of guanidine groups is 1. The highest BCUT2D eigenvalue weighted by Crippen LogP contribution is 2.23. The van der Waals surface area contributed by atoms with Crippen molar-refractivity contribution < 1.29 is 5.21 Å². The van der Waals surface area contributed by atoms with Gasteiger partial charge in [-0.05, 0) is 47.9 Å². The summed E-state index contributed by atoms with van der Waals surface area (Å²) < 4.78 is 1.05. The number of aromatic nitrogens is 3. The fraction of sp³-hybridized carbons (Fsp3) is 0.318. The van der Waals surface area contributed by atoms with Gasteiger partial charge in [0.05, 0.1) is 17.1 Å². The van der Waals surface area contributed by atoms with Gasteiger partial charge in [0.25, 0.3) is 0 Å². The van der Waals surface area contributed by atoms with Crippen LogP contribution in [0, 0.1) is 17.4 Å². The Labute approximate surface area is 190 Å². The van der Waals surface area contributed by atoms with Gasteiger partial charge in [0, 0.05) is 37.6 Å². The first-order chi connectivity index (χ1) is 15.5. The van der Waals surface area contributed by atoms with E-state index in [9.17, 15) is 10.5 Å². The molecular weight excluding hydrogens is 428 g/mol. The number of halogens is 1. The molecule has 0 saturated carbocycles. The highest BCUT2D eigenvalue weighted by molar-refractivity contribution is 6.28. The Hall–Kier alpha value is -3.64. The Morgan fingerprint density at radius 2 is 2.09 bits per heavy atom. The zero-order chi connectivity index (χ0) is 22.7. The van der Waals surface area contributed by atoms with E-state index in [1.807, 2.05) is 30.5 Å². The molecule has 3 aliphatic rings. The van der Waals surface area contributed by atoms with E-state index in [4.69, 9.17) is 16.6 Å². The summed E-state index contributed by atoms with van der Waals surface area (Å²) in [6.45, 7) is 6.22. The topological polar surface area (TPSA) is 106 Å². The van der Waals surface area contributed by atoms with Crippen LogP contribution in [-0.2, 0) is 0 Å². The minimum atomic E-state index is 0.0473. The van der Waals surface area contributed by atoms with Crippen LogP contribution >= 0.6 is 11.6 Å². The fourth-order valence-electron chi connectivity index (χ4n) is 3.96. The molecule has 1 unspecified atom stereocenters. The van der Waals surface area contributed by atoms with Crippen LogP contribution in [0.1, 0.15) is 13.8 Å². The fourth-order valence-corrected chi connectivity index (χ4v) is 4.10. The van der Waals surface area contributed by atoms with Gasteiger partial charge in [0.15, 0.2) is 0 Å². The Balaban J connectivity index is 1.70. The van der Waals surface area contributed by atoms with Gasteiger partial charge in [-0.25, -0.2) is 15.0 Å². The summed E-state index contributed by atoms with van der Waals surface area (Å²) >= 11 is 5.98. The van der Waals surface area contributed by atoms with E-state index in [1.54, 1.807) is 24.5 Å². The number of hydrogen-bond donors (Lipinski definition) is 1. The molecule has 1 atom stereocenters. The summed E-state index contributed by atoms with van der Waals surface area (Å²) in [7, 11) is 0. The molecule has 0 bridgehead atoms.